The van der Waals surface area contributed by atoms with Crippen molar-refractivity contribution in [1.82, 2.24) is 0 Å². The molecule has 2 aromatic carbocycles. The molecule has 7 heteroatoms. The lowest BCUT2D eigenvalue weighted by Crippen LogP contribution is -2.15. The van der Waals surface area contributed by atoms with Gasteiger partial charge in [0.15, 0.2) is 11.5 Å². The highest BCUT2D eigenvalue weighted by atomic mass is 79.9. The fourth-order valence-electron chi connectivity index (χ4n) is 1.35. The molecule has 0 radical (unpaired) electrons. The lowest BCUT2D eigenvalue weighted by molar-refractivity contribution is 0.150. The first kappa shape index (κ1) is 16.0. The van der Waals surface area contributed by atoms with Crippen LogP contribution in [-0.4, -0.2) is 6.16 Å². The van der Waals surface area contributed by atoms with E-state index >= 15 is 0 Å². The average Bonchev–Trinajstić information content (AvgIpc) is 2.39. The molecule has 0 unspecified atom stereocenters. The largest absolute Gasteiger partial charge is 0.519 e. The summed E-state index contributed by atoms with van der Waals surface area (Å²) in [5.74, 6) is 0.723. The van der Waals surface area contributed by atoms with Crippen molar-refractivity contribution in [3.05, 3.63) is 54.3 Å². The summed E-state index contributed by atoms with van der Waals surface area (Å²) in [6.45, 7) is 0. The summed E-state index contributed by atoms with van der Waals surface area (Å²) in [5, 5.41) is 0. The minimum absolute atomic E-state index is 0.362. The number of hydrogen-bond acceptors (Lipinski definition) is 3. The van der Waals surface area contributed by atoms with Gasteiger partial charge in [0.1, 0.15) is 0 Å². The highest BCUT2D eigenvalue weighted by molar-refractivity contribution is 9.11. The molecule has 0 spiro atoms. The first-order valence-corrected chi connectivity index (χ1v) is 8.44. The maximum atomic E-state index is 11.9. The highest BCUT2D eigenvalue weighted by Gasteiger charge is 2.16. The normalized spacial score (nSPS) is 10.2. The number of hydrogen-bond donors (Lipinski definition) is 0. The molecule has 0 atom stereocenters. The molecule has 0 saturated heterocycles. The fraction of sp³-hybridized carbons (Fsp3) is 0. The van der Waals surface area contributed by atoms with Gasteiger partial charge in [-0.15, -0.1) is 0 Å². The van der Waals surface area contributed by atoms with Gasteiger partial charge in [0.05, 0.1) is 17.9 Å². The molecule has 2 aromatic rings. The van der Waals surface area contributed by atoms with E-state index in [0.29, 0.717) is 29.4 Å². The zero-order chi connectivity index (χ0) is 14.7. The number of benzene rings is 2. The Bertz CT molecular complexity index is 562. The van der Waals surface area contributed by atoms with Gasteiger partial charge < -0.3 is 9.47 Å². The summed E-state index contributed by atoms with van der Waals surface area (Å²) >= 11 is 13.2. The molecule has 3 nitrogen and oxygen atoms in total. The molecular weight excluding hydrogens is 524 g/mol. The first-order chi connectivity index (χ1) is 9.49. The second-order valence-corrected chi connectivity index (χ2v) is 6.97. The number of carbonyl (C=O) groups is 1. The third-order valence-corrected chi connectivity index (χ3v) is 4.71. The van der Waals surface area contributed by atoms with Gasteiger partial charge in [0, 0.05) is 0 Å². The van der Waals surface area contributed by atoms with E-state index in [2.05, 4.69) is 63.7 Å². The molecule has 104 valence electrons. The van der Waals surface area contributed by atoms with Crippen LogP contribution in [0.25, 0.3) is 0 Å². The van der Waals surface area contributed by atoms with Crippen LogP contribution < -0.4 is 9.47 Å². The molecule has 0 fully saturated rings. The third kappa shape index (κ3) is 3.84. The molecule has 0 aromatic heterocycles. The van der Waals surface area contributed by atoms with Gasteiger partial charge in [-0.05, 0) is 88.0 Å². The van der Waals surface area contributed by atoms with Crippen molar-refractivity contribution in [2.75, 3.05) is 0 Å². The zero-order valence-electron chi connectivity index (χ0n) is 9.70. The smallest absolute Gasteiger partial charge is 0.392 e. The molecule has 0 aliphatic rings. The van der Waals surface area contributed by atoms with Crippen molar-refractivity contribution in [3.8, 4) is 11.5 Å². The van der Waals surface area contributed by atoms with Crippen LogP contribution in [0, 0.1) is 0 Å². The van der Waals surface area contributed by atoms with E-state index in [4.69, 9.17) is 9.47 Å². The van der Waals surface area contributed by atoms with Gasteiger partial charge in [-0.25, -0.2) is 4.79 Å². The second kappa shape index (κ2) is 7.06. The van der Waals surface area contributed by atoms with Crippen LogP contribution in [0.2, 0.25) is 0 Å². The Morgan fingerprint density at radius 2 is 1.00 bits per heavy atom. The van der Waals surface area contributed by atoms with E-state index in [1.807, 2.05) is 12.1 Å². The molecule has 0 aliphatic carbocycles. The monoisotopic (exact) mass is 526 g/mol. The SMILES string of the molecule is O=C(Oc1c(Br)cccc1Br)Oc1c(Br)cccc1Br. The summed E-state index contributed by atoms with van der Waals surface area (Å²) in [6.07, 6.45) is -0.829. The van der Waals surface area contributed by atoms with E-state index in [1.54, 1.807) is 24.3 Å². The van der Waals surface area contributed by atoms with Crippen LogP contribution >= 0.6 is 63.7 Å². The van der Waals surface area contributed by atoms with Crippen LogP contribution in [0.3, 0.4) is 0 Å². The average molecular weight is 530 g/mol. The number of halogens is 4. The van der Waals surface area contributed by atoms with Crippen LogP contribution in [0.4, 0.5) is 4.79 Å². The minimum atomic E-state index is -0.829. The molecule has 0 heterocycles. The number of rotatable bonds is 2. The lowest BCUT2D eigenvalue weighted by atomic mass is 10.3. The Morgan fingerprint density at radius 3 is 1.30 bits per heavy atom. The van der Waals surface area contributed by atoms with Gasteiger partial charge >= 0.3 is 6.16 Å². The van der Waals surface area contributed by atoms with Crippen LogP contribution in [0.5, 0.6) is 11.5 Å². The van der Waals surface area contributed by atoms with E-state index < -0.39 is 6.16 Å². The van der Waals surface area contributed by atoms with Crippen LogP contribution in [0.1, 0.15) is 0 Å². The number of ether oxygens (including phenoxy) is 2. The zero-order valence-corrected chi connectivity index (χ0v) is 16.0. The first-order valence-electron chi connectivity index (χ1n) is 5.26. The van der Waals surface area contributed by atoms with E-state index in [9.17, 15) is 4.79 Å². The molecule has 0 aliphatic heterocycles. The molecule has 0 bridgehead atoms. The van der Waals surface area contributed by atoms with Crippen molar-refractivity contribution in [3.63, 3.8) is 0 Å². The van der Waals surface area contributed by atoms with Crippen LogP contribution in [-0.2, 0) is 0 Å². The van der Waals surface area contributed by atoms with Crippen molar-refractivity contribution in [1.29, 1.82) is 0 Å². The molecule has 0 saturated carbocycles. The minimum Gasteiger partial charge on any atom is -0.392 e. The highest BCUT2D eigenvalue weighted by Crippen LogP contribution is 2.35. The molecule has 20 heavy (non-hydrogen) atoms. The van der Waals surface area contributed by atoms with Gasteiger partial charge in [-0.2, -0.15) is 0 Å². The Hall–Kier alpha value is -0.370. The number of carbonyl (C=O) groups excluding carboxylic acids is 1. The summed E-state index contributed by atoms with van der Waals surface area (Å²) < 4.78 is 13.0. The maximum Gasteiger partial charge on any atom is 0.519 e. The summed E-state index contributed by atoms with van der Waals surface area (Å²) in [5.41, 5.74) is 0. The third-order valence-electron chi connectivity index (χ3n) is 2.21. The topological polar surface area (TPSA) is 35.5 Å². The van der Waals surface area contributed by atoms with Crippen molar-refractivity contribution in [2.24, 2.45) is 0 Å². The molecular formula is C13H6Br4O3. The molecule has 2 rings (SSSR count). The van der Waals surface area contributed by atoms with E-state index in [1.165, 1.54) is 0 Å². The quantitative estimate of drug-likeness (QED) is 0.338. The predicted octanol–water partition coefficient (Wildman–Crippen LogP) is 6.31. The van der Waals surface area contributed by atoms with Crippen molar-refractivity contribution in [2.45, 2.75) is 0 Å². The van der Waals surface area contributed by atoms with Gasteiger partial charge in [-0.1, -0.05) is 12.1 Å². The number of para-hydroxylation sites is 2. The van der Waals surface area contributed by atoms with Crippen molar-refractivity contribution >= 4 is 69.9 Å². The van der Waals surface area contributed by atoms with Gasteiger partial charge in [0.25, 0.3) is 0 Å². The molecule has 0 amide bonds. The molecule has 0 N–H and O–H groups in total. The van der Waals surface area contributed by atoms with Crippen molar-refractivity contribution < 1.29 is 14.3 Å². The van der Waals surface area contributed by atoms with Gasteiger partial charge in [0.2, 0.25) is 0 Å². The maximum absolute atomic E-state index is 11.9. The summed E-state index contributed by atoms with van der Waals surface area (Å²) in [4.78, 5) is 11.9. The second-order valence-electron chi connectivity index (χ2n) is 3.56. The van der Waals surface area contributed by atoms with Gasteiger partial charge in [-0.3, -0.25) is 0 Å². The summed E-state index contributed by atoms with van der Waals surface area (Å²) in [7, 11) is 0. The van der Waals surface area contributed by atoms with Crippen LogP contribution in [0.15, 0.2) is 54.3 Å². The fourth-order valence-corrected chi connectivity index (χ4v) is 3.67. The standard InChI is InChI=1S/C13H6Br4O3/c14-7-3-1-4-8(15)11(7)19-13(18)20-12-9(16)5-2-6-10(12)17/h1-6H. The van der Waals surface area contributed by atoms with E-state index in [0.717, 1.165) is 0 Å². The Kier molecular flexibility index (Phi) is 5.65. The lowest BCUT2D eigenvalue weighted by Gasteiger charge is -2.10. The Labute approximate surface area is 149 Å². The predicted molar refractivity (Wildman–Crippen MR) is 90.3 cm³/mol. The summed E-state index contributed by atoms with van der Waals surface area (Å²) in [6, 6.07) is 10.7. The Balaban J connectivity index is 2.18. The Morgan fingerprint density at radius 1 is 0.700 bits per heavy atom. The van der Waals surface area contributed by atoms with E-state index in [-0.39, 0.29) is 0 Å².